The second-order valence-electron chi connectivity index (χ2n) is 5.87. The normalized spacial score (nSPS) is 16.3. The lowest BCUT2D eigenvalue weighted by atomic mass is 9.99. The standard InChI is InChI=1S/C18H18N2O4/c1-12-6-7-14(9-17(12)20(22)23)18(21)19-10-16-8-13-4-2-3-5-15(13)11-24-16/h2-7,9,16H,8,10-11H2,1H3,(H,19,21). The SMILES string of the molecule is Cc1ccc(C(=O)NCC2Cc3ccccc3CO2)cc1[N+](=O)[O-]. The van der Waals surface area contributed by atoms with Crippen LogP contribution in [0, 0.1) is 17.0 Å². The number of carbonyl (C=O) groups excluding carboxylic acids is 1. The summed E-state index contributed by atoms with van der Waals surface area (Å²) in [4.78, 5) is 22.7. The highest BCUT2D eigenvalue weighted by Crippen LogP contribution is 2.21. The van der Waals surface area contributed by atoms with Crippen molar-refractivity contribution in [1.29, 1.82) is 0 Å². The van der Waals surface area contributed by atoms with Crippen LogP contribution in [-0.2, 0) is 17.8 Å². The summed E-state index contributed by atoms with van der Waals surface area (Å²) >= 11 is 0. The van der Waals surface area contributed by atoms with Gasteiger partial charge in [0.2, 0.25) is 0 Å². The first kappa shape index (κ1) is 16.1. The van der Waals surface area contributed by atoms with Gasteiger partial charge >= 0.3 is 0 Å². The molecule has 1 N–H and O–H groups in total. The Balaban J connectivity index is 1.62. The highest BCUT2D eigenvalue weighted by Gasteiger charge is 2.20. The minimum Gasteiger partial charge on any atom is -0.371 e. The number of hydrogen-bond donors (Lipinski definition) is 1. The molecule has 0 saturated carbocycles. The Hall–Kier alpha value is -2.73. The van der Waals surface area contributed by atoms with Crippen LogP contribution in [0.25, 0.3) is 0 Å². The molecule has 1 aliphatic rings. The van der Waals surface area contributed by atoms with Crippen LogP contribution in [0.15, 0.2) is 42.5 Å². The Kier molecular flexibility index (Phi) is 4.57. The van der Waals surface area contributed by atoms with E-state index in [1.165, 1.54) is 17.2 Å². The largest absolute Gasteiger partial charge is 0.371 e. The number of nitro benzene ring substituents is 1. The zero-order valence-electron chi connectivity index (χ0n) is 13.3. The molecule has 0 aromatic heterocycles. The highest BCUT2D eigenvalue weighted by molar-refractivity contribution is 5.95. The van der Waals surface area contributed by atoms with Crippen molar-refractivity contribution in [3.8, 4) is 0 Å². The fourth-order valence-corrected chi connectivity index (χ4v) is 2.80. The topological polar surface area (TPSA) is 81.5 Å². The second-order valence-corrected chi connectivity index (χ2v) is 5.87. The summed E-state index contributed by atoms with van der Waals surface area (Å²) in [6, 6.07) is 12.6. The van der Waals surface area contributed by atoms with Crippen LogP contribution >= 0.6 is 0 Å². The Labute approximate surface area is 139 Å². The number of nitrogens with one attached hydrogen (secondary N) is 1. The monoisotopic (exact) mass is 326 g/mol. The van der Waals surface area contributed by atoms with Gasteiger partial charge in [0, 0.05) is 30.2 Å². The molecule has 0 fully saturated rings. The molecule has 1 aliphatic heterocycles. The molecule has 0 spiro atoms. The maximum Gasteiger partial charge on any atom is 0.273 e. The van der Waals surface area contributed by atoms with Crippen molar-refractivity contribution in [1.82, 2.24) is 5.32 Å². The zero-order valence-corrected chi connectivity index (χ0v) is 13.3. The minimum absolute atomic E-state index is 0.0505. The number of ether oxygens (including phenoxy) is 1. The van der Waals surface area contributed by atoms with Gasteiger partial charge in [0.15, 0.2) is 0 Å². The Morgan fingerprint density at radius 1 is 1.29 bits per heavy atom. The van der Waals surface area contributed by atoms with Gasteiger partial charge in [-0.1, -0.05) is 30.3 Å². The van der Waals surface area contributed by atoms with Gasteiger partial charge in [-0.05, 0) is 24.1 Å². The Morgan fingerprint density at radius 3 is 2.79 bits per heavy atom. The van der Waals surface area contributed by atoms with Crippen LogP contribution in [-0.4, -0.2) is 23.5 Å². The molecule has 0 aliphatic carbocycles. The number of hydrogen-bond acceptors (Lipinski definition) is 4. The molecule has 24 heavy (non-hydrogen) atoms. The minimum atomic E-state index is -0.479. The number of carbonyl (C=O) groups is 1. The van der Waals surface area contributed by atoms with Crippen molar-refractivity contribution in [2.45, 2.75) is 26.1 Å². The third kappa shape index (κ3) is 3.44. The molecule has 1 amide bonds. The van der Waals surface area contributed by atoms with Gasteiger partial charge in [-0.25, -0.2) is 0 Å². The number of amides is 1. The third-order valence-corrected chi connectivity index (χ3v) is 4.20. The summed E-state index contributed by atoms with van der Waals surface area (Å²) in [5.74, 6) is -0.333. The molecule has 124 valence electrons. The lowest BCUT2D eigenvalue weighted by Crippen LogP contribution is -2.36. The van der Waals surface area contributed by atoms with Gasteiger partial charge in [-0.3, -0.25) is 14.9 Å². The van der Waals surface area contributed by atoms with E-state index in [0.717, 1.165) is 6.42 Å². The molecule has 2 aromatic rings. The van der Waals surface area contributed by atoms with Gasteiger partial charge in [0.1, 0.15) is 0 Å². The second kappa shape index (κ2) is 6.80. The van der Waals surface area contributed by atoms with Crippen LogP contribution in [0.3, 0.4) is 0 Å². The molecule has 0 bridgehead atoms. The van der Waals surface area contributed by atoms with E-state index in [2.05, 4.69) is 11.4 Å². The molecule has 6 nitrogen and oxygen atoms in total. The quantitative estimate of drug-likeness (QED) is 0.692. The number of fused-ring (bicyclic) bond motifs is 1. The van der Waals surface area contributed by atoms with Crippen LogP contribution in [0.1, 0.15) is 27.0 Å². The zero-order chi connectivity index (χ0) is 17.1. The van der Waals surface area contributed by atoms with Gasteiger partial charge < -0.3 is 10.1 Å². The molecule has 1 heterocycles. The number of aryl methyl sites for hydroxylation is 1. The van der Waals surface area contributed by atoms with Crippen molar-refractivity contribution >= 4 is 11.6 Å². The van der Waals surface area contributed by atoms with Crippen LogP contribution in [0.4, 0.5) is 5.69 Å². The van der Waals surface area contributed by atoms with Gasteiger partial charge in [-0.2, -0.15) is 0 Å². The summed E-state index contributed by atoms with van der Waals surface area (Å²) in [5, 5.41) is 13.8. The molecular formula is C18H18N2O4. The van der Waals surface area contributed by atoms with Crippen LogP contribution in [0.5, 0.6) is 0 Å². The first-order valence-electron chi connectivity index (χ1n) is 7.76. The summed E-state index contributed by atoms with van der Waals surface area (Å²) in [6.07, 6.45) is 0.647. The molecule has 6 heteroatoms. The molecule has 0 saturated heterocycles. The van der Waals surface area contributed by atoms with Gasteiger partial charge in [-0.15, -0.1) is 0 Å². The van der Waals surface area contributed by atoms with E-state index in [-0.39, 0.29) is 23.3 Å². The van der Waals surface area contributed by atoms with E-state index in [1.54, 1.807) is 19.1 Å². The van der Waals surface area contributed by atoms with E-state index >= 15 is 0 Å². The van der Waals surface area contributed by atoms with Gasteiger partial charge in [0.05, 0.1) is 17.6 Å². The van der Waals surface area contributed by atoms with Crippen molar-refractivity contribution in [3.05, 3.63) is 74.8 Å². The highest BCUT2D eigenvalue weighted by atomic mass is 16.6. The molecule has 1 unspecified atom stereocenters. The van der Waals surface area contributed by atoms with Crippen LogP contribution < -0.4 is 5.32 Å². The number of nitro groups is 1. The summed E-state index contributed by atoms with van der Waals surface area (Å²) < 4.78 is 5.75. The maximum atomic E-state index is 12.2. The summed E-state index contributed by atoms with van der Waals surface area (Å²) in [7, 11) is 0. The number of rotatable bonds is 4. The molecular weight excluding hydrogens is 308 g/mol. The van der Waals surface area contributed by atoms with Crippen LogP contribution in [0.2, 0.25) is 0 Å². The molecule has 1 atom stereocenters. The average molecular weight is 326 g/mol. The van der Waals surface area contributed by atoms with Crippen molar-refractivity contribution in [3.63, 3.8) is 0 Å². The first-order valence-corrected chi connectivity index (χ1v) is 7.76. The summed E-state index contributed by atoms with van der Waals surface area (Å²) in [5.41, 5.74) is 3.17. The lowest BCUT2D eigenvalue weighted by Gasteiger charge is -2.25. The molecule has 2 aromatic carbocycles. The van der Waals surface area contributed by atoms with E-state index in [9.17, 15) is 14.9 Å². The lowest BCUT2D eigenvalue weighted by molar-refractivity contribution is -0.385. The third-order valence-electron chi connectivity index (χ3n) is 4.20. The Bertz CT molecular complexity index is 788. The van der Waals surface area contributed by atoms with E-state index in [1.807, 2.05) is 18.2 Å². The summed E-state index contributed by atoms with van der Waals surface area (Å²) in [6.45, 7) is 2.55. The molecule has 3 rings (SSSR count). The van der Waals surface area contributed by atoms with E-state index in [4.69, 9.17) is 4.74 Å². The maximum absolute atomic E-state index is 12.2. The van der Waals surface area contributed by atoms with Crippen molar-refractivity contribution in [2.75, 3.05) is 6.54 Å². The number of benzene rings is 2. The number of nitrogens with zero attached hydrogens (tertiary/aromatic N) is 1. The van der Waals surface area contributed by atoms with Gasteiger partial charge in [0.25, 0.3) is 11.6 Å². The predicted octanol–water partition coefficient (Wildman–Crippen LogP) is 2.77. The van der Waals surface area contributed by atoms with E-state index in [0.29, 0.717) is 18.7 Å². The van der Waals surface area contributed by atoms with E-state index < -0.39 is 4.92 Å². The smallest absolute Gasteiger partial charge is 0.273 e. The fraction of sp³-hybridized carbons (Fsp3) is 0.278. The molecule has 0 radical (unpaired) electrons. The first-order chi connectivity index (χ1) is 11.5. The predicted molar refractivity (Wildman–Crippen MR) is 88.9 cm³/mol. The average Bonchev–Trinajstić information content (AvgIpc) is 2.59. The van der Waals surface area contributed by atoms with Crippen molar-refractivity contribution in [2.24, 2.45) is 0 Å². The fourth-order valence-electron chi connectivity index (χ4n) is 2.80. The van der Waals surface area contributed by atoms with Crippen molar-refractivity contribution < 1.29 is 14.5 Å². The Morgan fingerprint density at radius 2 is 2.04 bits per heavy atom.